The van der Waals surface area contributed by atoms with E-state index < -0.39 is 0 Å². The number of likely N-dealkylation sites (N-methyl/N-ethyl adjacent to an activating group) is 1. The first-order valence-electron chi connectivity index (χ1n) is 8.82. The predicted molar refractivity (Wildman–Crippen MR) is 92.3 cm³/mol. The molecule has 0 spiro atoms. The molecule has 134 valence electrons. The summed E-state index contributed by atoms with van der Waals surface area (Å²) in [5.74, 6) is 0.443. The third kappa shape index (κ3) is 3.79. The Labute approximate surface area is 142 Å². The molecule has 3 rings (SSSR count). The van der Waals surface area contributed by atoms with Gasteiger partial charge in [0.05, 0.1) is 18.8 Å². The molecule has 1 saturated carbocycles. The van der Waals surface area contributed by atoms with E-state index in [1.165, 1.54) is 11.0 Å². The van der Waals surface area contributed by atoms with Crippen molar-refractivity contribution in [3.8, 4) is 0 Å². The van der Waals surface area contributed by atoms with Gasteiger partial charge in [-0.1, -0.05) is 12.8 Å². The van der Waals surface area contributed by atoms with Gasteiger partial charge >= 0.3 is 0 Å². The number of rotatable bonds is 4. The summed E-state index contributed by atoms with van der Waals surface area (Å²) in [6, 6.07) is 0.248. The number of anilines is 1. The van der Waals surface area contributed by atoms with Gasteiger partial charge in [0.15, 0.2) is 5.82 Å². The maximum atomic E-state index is 12.2. The Morgan fingerprint density at radius 1 is 1.42 bits per heavy atom. The summed E-state index contributed by atoms with van der Waals surface area (Å²) >= 11 is 0. The summed E-state index contributed by atoms with van der Waals surface area (Å²) in [6.07, 6.45) is 7.36. The van der Waals surface area contributed by atoms with Crippen molar-refractivity contribution in [2.24, 2.45) is 7.05 Å². The highest BCUT2D eigenvalue weighted by Crippen LogP contribution is 2.25. The molecule has 1 aliphatic heterocycles. The fourth-order valence-electron chi connectivity index (χ4n) is 3.81. The van der Waals surface area contributed by atoms with Crippen LogP contribution < -0.4 is 10.5 Å². The Bertz CT molecular complexity index is 606. The molecule has 1 aromatic rings. The van der Waals surface area contributed by atoms with E-state index in [-0.39, 0.29) is 23.8 Å². The highest BCUT2D eigenvalue weighted by molar-refractivity contribution is 5.34. The number of morpholine rings is 1. The molecule has 1 aromatic heterocycles. The van der Waals surface area contributed by atoms with E-state index in [1.807, 2.05) is 11.9 Å². The SMILES string of the molecule is CN(C[C@@H]1CN([C@@H]2CCCC[C@H]2O)CCO1)c1nccn(C)c1=O. The minimum absolute atomic E-state index is 0.0181. The number of hydrogen-bond donors (Lipinski definition) is 1. The van der Waals surface area contributed by atoms with Crippen LogP contribution in [0.3, 0.4) is 0 Å². The lowest BCUT2D eigenvalue weighted by Gasteiger charge is -2.42. The number of aliphatic hydroxyl groups is 1. The van der Waals surface area contributed by atoms with Crippen molar-refractivity contribution in [1.82, 2.24) is 14.5 Å². The first-order chi connectivity index (χ1) is 11.6. The van der Waals surface area contributed by atoms with Gasteiger partial charge in [0.2, 0.25) is 0 Å². The zero-order valence-electron chi connectivity index (χ0n) is 14.6. The number of hydrogen-bond acceptors (Lipinski definition) is 6. The maximum absolute atomic E-state index is 12.2. The second-order valence-electron chi connectivity index (χ2n) is 6.95. The number of ether oxygens (including phenoxy) is 1. The van der Waals surface area contributed by atoms with Crippen LogP contribution in [0, 0.1) is 0 Å². The first-order valence-corrected chi connectivity index (χ1v) is 8.82. The molecule has 2 aliphatic rings. The molecule has 7 heteroatoms. The Morgan fingerprint density at radius 3 is 3.00 bits per heavy atom. The number of aliphatic hydroxyl groups excluding tert-OH is 1. The third-order valence-electron chi connectivity index (χ3n) is 5.17. The van der Waals surface area contributed by atoms with Crippen LogP contribution in [0.4, 0.5) is 5.82 Å². The van der Waals surface area contributed by atoms with E-state index >= 15 is 0 Å². The van der Waals surface area contributed by atoms with Crippen molar-refractivity contribution >= 4 is 5.82 Å². The van der Waals surface area contributed by atoms with Crippen molar-refractivity contribution in [2.75, 3.05) is 38.2 Å². The molecule has 0 bridgehead atoms. The molecule has 3 atom stereocenters. The van der Waals surface area contributed by atoms with Gasteiger partial charge in [-0.15, -0.1) is 0 Å². The van der Waals surface area contributed by atoms with Gasteiger partial charge in [-0.05, 0) is 12.8 Å². The van der Waals surface area contributed by atoms with Crippen LogP contribution in [0.5, 0.6) is 0 Å². The van der Waals surface area contributed by atoms with Crippen LogP contribution in [-0.2, 0) is 11.8 Å². The van der Waals surface area contributed by atoms with E-state index in [0.717, 1.165) is 32.4 Å². The van der Waals surface area contributed by atoms with E-state index in [9.17, 15) is 9.90 Å². The van der Waals surface area contributed by atoms with E-state index in [1.54, 1.807) is 19.4 Å². The van der Waals surface area contributed by atoms with Gasteiger partial charge in [-0.25, -0.2) is 4.98 Å². The maximum Gasteiger partial charge on any atom is 0.293 e. The van der Waals surface area contributed by atoms with Crippen molar-refractivity contribution in [2.45, 2.75) is 43.9 Å². The molecule has 0 unspecified atom stereocenters. The van der Waals surface area contributed by atoms with Crippen molar-refractivity contribution in [3.63, 3.8) is 0 Å². The molecule has 0 amide bonds. The summed E-state index contributed by atoms with van der Waals surface area (Å²) in [5, 5.41) is 10.3. The summed E-state index contributed by atoms with van der Waals surface area (Å²) in [4.78, 5) is 20.6. The smallest absolute Gasteiger partial charge is 0.293 e. The molecule has 24 heavy (non-hydrogen) atoms. The second kappa shape index (κ2) is 7.63. The van der Waals surface area contributed by atoms with Crippen LogP contribution in [0.2, 0.25) is 0 Å². The average Bonchev–Trinajstić information content (AvgIpc) is 2.58. The Kier molecular flexibility index (Phi) is 5.53. The molecule has 2 fully saturated rings. The van der Waals surface area contributed by atoms with Crippen LogP contribution >= 0.6 is 0 Å². The lowest BCUT2D eigenvalue weighted by atomic mass is 9.91. The minimum atomic E-state index is -0.224. The second-order valence-corrected chi connectivity index (χ2v) is 6.95. The molecular weight excluding hydrogens is 308 g/mol. The number of nitrogens with zero attached hydrogens (tertiary/aromatic N) is 4. The quantitative estimate of drug-likeness (QED) is 0.848. The van der Waals surface area contributed by atoms with Gasteiger partial charge in [-0.2, -0.15) is 0 Å². The monoisotopic (exact) mass is 336 g/mol. The molecule has 0 aromatic carbocycles. The van der Waals surface area contributed by atoms with E-state index in [0.29, 0.717) is 19.0 Å². The van der Waals surface area contributed by atoms with Crippen molar-refractivity contribution < 1.29 is 9.84 Å². The van der Waals surface area contributed by atoms with Gasteiger partial charge in [0.1, 0.15) is 0 Å². The Balaban J connectivity index is 1.62. The topological polar surface area (TPSA) is 70.8 Å². The molecule has 0 radical (unpaired) electrons. The fraction of sp³-hybridized carbons (Fsp3) is 0.765. The van der Waals surface area contributed by atoms with Gasteiger partial charge < -0.3 is 19.3 Å². The summed E-state index contributed by atoms with van der Waals surface area (Å²) in [5.41, 5.74) is -0.102. The summed E-state index contributed by atoms with van der Waals surface area (Å²) in [6.45, 7) is 2.94. The third-order valence-corrected chi connectivity index (χ3v) is 5.17. The summed E-state index contributed by atoms with van der Waals surface area (Å²) in [7, 11) is 3.60. The number of aryl methyl sites for hydroxylation is 1. The Morgan fingerprint density at radius 2 is 2.21 bits per heavy atom. The molecule has 2 heterocycles. The predicted octanol–water partition coefficient (Wildman–Crippen LogP) is 0.221. The van der Waals surface area contributed by atoms with Gasteiger partial charge in [0, 0.05) is 52.2 Å². The van der Waals surface area contributed by atoms with E-state index in [4.69, 9.17) is 4.74 Å². The lowest BCUT2D eigenvalue weighted by molar-refractivity contribution is -0.0700. The lowest BCUT2D eigenvalue weighted by Crippen LogP contribution is -2.55. The normalized spacial score (nSPS) is 28.7. The highest BCUT2D eigenvalue weighted by atomic mass is 16.5. The average molecular weight is 336 g/mol. The zero-order valence-corrected chi connectivity index (χ0v) is 14.6. The van der Waals surface area contributed by atoms with Crippen molar-refractivity contribution in [1.29, 1.82) is 0 Å². The first kappa shape index (κ1) is 17.4. The fourth-order valence-corrected chi connectivity index (χ4v) is 3.81. The largest absolute Gasteiger partial charge is 0.391 e. The molecular formula is C17H28N4O3. The molecule has 1 N–H and O–H groups in total. The van der Waals surface area contributed by atoms with Gasteiger partial charge in [-0.3, -0.25) is 9.69 Å². The zero-order chi connectivity index (χ0) is 17.1. The van der Waals surface area contributed by atoms with Crippen LogP contribution in [0.15, 0.2) is 17.2 Å². The highest BCUT2D eigenvalue weighted by Gasteiger charge is 2.33. The van der Waals surface area contributed by atoms with Crippen molar-refractivity contribution in [3.05, 3.63) is 22.7 Å². The van der Waals surface area contributed by atoms with Crippen LogP contribution in [0.1, 0.15) is 25.7 Å². The van der Waals surface area contributed by atoms with Crippen LogP contribution in [-0.4, -0.2) is 71.1 Å². The van der Waals surface area contributed by atoms with Crippen LogP contribution in [0.25, 0.3) is 0 Å². The van der Waals surface area contributed by atoms with E-state index in [2.05, 4.69) is 9.88 Å². The Hall–Kier alpha value is -1.44. The standard InChI is InChI=1S/C17H28N4O3/c1-19-8-7-18-16(17(19)23)20(2)11-13-12-21(9-10-24-13)14-5-3-4-6-15(14)22/h7-8,13-15,22H,3-6,9-12H2,1-2H3/t13-,14-,15-/m1/s1. The number of aromatic nitrogens is 2. The summed E-state index contributed by atoms with van der Waals surface area (Å²) < 4.78 is 7.43. The molecule has 7 nitrogen and oxygen atoms in total. The van der Waals surface area contributed by atoms with Gasteiger partial charge in [0.25, 0.3) is 5.56 Å². The molecule has 1 saturated heterocycles. The minimum Gasteiger partial charge on any atom is -0.391 e. The molecule has 1 aliphatic carbocycles.